The van der Waals surface area contributed by atoms with Gasteiger partial charge in [0.1, 0.15) is 6.04 Å². The number of carboxylic acid groups (broad SMARTS) is 1. The number of hydrogen-bond donors (Lipinski definition) is 4. The van der Waals surface area contributed by atoms with Crippen LogP contribution in [0.15, 0.2) is 18.2 Å². The monoisotopic (exact) mass is 199 g/mol. The first kappa shape index (κ1) is 8.83. The third-order valence-electron chi connectivity index (χ3n) is 1.73. The number of benzene rings is 1. The van der Waals surface area contributed by atoms with Gasteiger partial charge < -0.3 is 21.1 Å². The molecule has 0 heterocycles. The molecule has 0 saturated heterocycles. The maximum absolute atomic E-state index is 10.5. The van der Waals surface area contributed by atoms with Crippen molar-refractivity contribution in [1.29, 1.82) is 0 Å². The normalized spacial score (nSPS) is 13.4. The summed E-state index contributed by atoms with van der Waals surface area (Å²) in [4.78, 5) is 10.5. The molecule has 5 heteroatoms. The lowest BCUT2D eigenvalue weighted by molar-refractivity contribution is -0.138. The molecule has 0 radical (unpaired) electrons. The Kier molecular flexibility index (Phi) is 2.51. The second-order valence-corrected chi connectivity index (χ2v) is 2.89. The van der Waals surface area contributed by atoms with Crippen LogP contribution in [0.3, 0.4) is 0 Å². The number of aromatic hydroxyl groups is 2. The third kappa shape index (κ3) is 2.37. The second-order valence-electron chi connectivity index (χ2n) is 2.89. The first-order valence-corrected chi connectivity index (χ1v) is 3.91. The fraction of sp³-hybridized carbons (Fsp3) is 0.222. The summed E-state index contributed by atoms with van der Waals surface area (Å²) in [5, 5.41) is 26.8. The molecule has 0 spiro atoms. The predicted octanol–water partition coefficient (Wildman–Crippen LogP) is 0.0522. The Morgan fingerprint density at radius 3 is 2.71 bits per heavy atom. The summed E-state index contributed by atoms with van der Waals surface area (Å²) in [6, 6.07) is 1.10. The average molecular weight is 199 g/mol. The smallest absolute Gasteiger partial charge is 0.320 e. The number of nitrogens with two attached hydrogens (primary N) is 1. The number of phenols is 2. The van der Waals surface area contributed by atoms with E-state index < -0.39 is 23.5 Å². The van der Waals surface area contributed by atoms with Gasteiger partial charge in [0.05, 0.1) is 1.37 Å². The molecule has 76 valence electrons. The second kappa shape index (κ2) is 3.97. The van der Waals surface area contributed by atoms with Gasteiger partial charge in [0.15, 0.2) is 11.5 Å². The molecular formula is C9H11NO4. The van der Waals surface area contributed by atoms with Crippen LogP contribution in [0.25, 0.3) is 0 Å². The number of aliphatic carboxylic acids is 1. The number of phenolic OH excluding ortho intramolecular Hbond substituents is 2. The Hall–Kier alpha value is -1.75. The van der Waals surface area contributed by atoms with Crippen LogP contribution >= 0.6 is 0 Å². The first-order chi connectivity index (χ1) is 6.91. The standard InChI is InChI=1S/C9H11NO4/c10-6(9(13)14)3-5-1-2-7(11)8(12)4-5/h1-2,4,6,11-12H,3,10H2,(H,13,14)/t6-/m0/s1/i2T. The first-order valence-electron chi connectivity index (χ1n) is 4.41. The molecular weight excluding hydrogens is 186 g/mol. The lowest BCUT2D eigenvalue weighted by Gasteiger charge is -2.06. The molecule has 0 aromatic heterocycles. The third-order valence-corrected chi connectivity index (χ3v) is 1.73. The van der Waals surface area contributed by atoms with Gasteiger partial charge in [-0.05, 0) is 24.1 Å². The molecule has 0 aliphatic carbocycles. The van der Waals surface area contributed by atoms with Crippen LogP contribution in [0.5, 0.6) is 11.5 Å². The van der Waals surface area contributed by atoms with E-state index in [0.717, 1.165) is 0 Å². The minimum atomic E-state index is -1.16. The highest BCUT2D eigenvalue weighted by atomic mass is 16.4. The number of carboxylic acids is 1. The van der Waals surface area contributed by atoms with Crippen molar-refractivity contribution in [3.8, 4) is 11.5 Å². The summed E-state index contributed by atoms with van der Waals surface area (Å²) < 4.78 is 7.25. The molecule has 14 heavy (non-hydrogen) atoms. The van der Waals surface area contributed by atoms with Crippen molar-refractivity contribution < 1.29 is 21.5 Å². The zero-order valence-electron chi connectivity index (χ0n) is 8.27. The summed E-state index contributed by atoms with van der Waals surface area (Å²) >= 11 is 0. The Morgan fingerprint density at radius 1 is 1.57 bits per heavy atom. The Balaban J connectivity index is 2.92. The van der Waals surface area contributed by atoms with Crippen molar-refractivity contribution in [2.24, 2.45) is 5.73 Å². The molecule has 1 aromatic rings. The maximum atomic E-state index is 10.5. The number of carbonyl (C=O) groups is 1. The molecule has 0 aliphatic heterocycles. The van der Waals surface area contributed by atoms with Crippen molar-refractivity contribution in [3.63, 3.8) is 0 Å². The van der Waals surface area contributed by atoms with Gasteiger partial charge in [-0.25, -0.2) is 0 Å². The molecule has 1 atom stereocenters. The van der Waals surface area contributed by atoms with Gasteiger partial charge in [-0.15, -0.1) is 0 Å². The highest BCUT2D eigenvalue weighted by Crippen LogP contribution is 2.25. The van der Waals surface area contributed by atoms with E-state index in [1.54, 1.807) is 0 Å². The molecule has 5 N–H and O–H groups in total. The van der Waals surface area contributed by atoms with Crippen molar-refractivity contribution in [1.82, 2.24) is 0 Å². The Morgan fingerprint density at radius 2 is 2.21 bits per heavy atom. The van der Waals surface area contributed by atoms with E-state index >= 15 is 0 Å². The van der Waals surface area contributed by atoms with Crippen molar-refractivity contribution in [3.05, 3.63) is 23.7 Å². The van der Waals surface area contributed by atoms with E-state index in [1.807, 2.05) is 0 Å². The van der Waals surface area contributed by atoms with Gasteiger partial charge >= 0.3 is 5.97 Å². The summed E-state index contributed by atoms with van der Waals surface area (Å²) in [7, 11) is 0. The molecule has 5 nitrogen and oxygen atoms in total. The van der Waals surface area contributed by atoms with E-state index in [2.05, 4.69) is 0 Å². The zero-order chi connectivity index (χ0) is 11.6. The fourth-order valence-electron chi connectivity index (χ4n) is 0.980. The van der Waals surface area contributed by atoms with E-state index in [9.17, 15) is 9.90 Å². The van der Waals surface area contributed by atoms with Gasteiger partial charge in [0.2, 0.25) is 0 Å². The minimum absolute atomic E-state index is 0.00491. The van der Waals surface area contributed by atoms with E-state index in [-0.39, 0.29) is 12.5 Å². The van der Waals surface area contributed by atoms with Crippen LogP contribution in [0.4, 0.5) is 0 Å². The summed E-state index contributed by atoms with van der Waals surface area (Å²) in [5.74, 6) is -2.13. The van der Waals surface area contributed by atoms with Gasteiger partial charge in [0.25, 0.3) is 0 Å². The van der Waals surface area contributed by atoms with E-state index in [1.165, 1.54) is 12.1 Å². The van der Waals surface area contributed by atoms with Gasteiger partial charge in [0, 0.05) is 0 Å². The number of hydrogen-bond acceptors (Lipinski definition) is 4. The Labute approximate surface area is 81.8 Å². The topological polar surface area (TPSA) is 104 Å². The van der Waals surface area contributed by atoms with Crippen LogP contribution in [0.1, 0.15) is 6.93 Å². The molecule has 0 amide bonds. The lowest BCUT2D eigenvalue weighted by Crippen LogP contribution is -2.32. The predicted molar refractivity (Wildman–Crippen MR) is 49.1 cm³/mol. The SMILES string of the molecule is [3H]c1cc(C[C@H](N)C(=O)O)cc(O)c1O. The molecule has 0 aliphatic rings. The summed E-state index contributed by atoms with van der Waals surface area (Å²) in [5.41, 5.74) is 5.68. The van der Waals surface area contributed by atoms with E-state index in [0.29, 0.717) is 5.56 Å². The molecule has 1 aromatic carbocycles. The molecule has 0 bridgehead atoms. The van der Waals surface area contributed by atoms with Crippen LogP contribution in [-0.4, -0.2) is 27.3 Å². The zero-order valence-corrected chi connectivity index (χ0v) is 7.27. The quantitative estimate of drug-likeness (QED) is 0.515. The van der Waals surface area contributed by atoms with E-state index in [4.69, 9.17) is 17.3 Å². The molecule has 0 saturated carbocycles. The van der Waals surface area contributed by atoms with Crippen LogP contribution < -0.4 is 5.73 Å². The Bertz CT molecular complexity index is 371. The van der Waals surface area contributed by atoms with Crippen molar-refractivity contribution in [2.75, 3.05) is 0 Å². The van der Waals surface area contributed by atoms with Crippen molar-refractivity contribution in [2.45, 2.75) is 12.5 Å². The minimum Gasteiger partial charge on any atom is -0.504 e. The largest absolute Gasteiger partial charge is 0.504 e. The molecule has 0 fully saturated rings. The highest BCUT2D eigenvalue weighted by molar-refractivity contribution is 5.73. The number of rotatable bonds is 3. The molecule has 1 rings (SSSR count). The van der Waals surface area contributed by atoms with Crippen LogP contribution in [0.2, 0.25) is 0 Å². The van der Waals surface area contributed by atoms with Gasteiger partial charge in [-0.1, -0.05) is 6.07 Å². The van der Waals surface area contributed by atoms with Crippen LogP contribution in [0, 0.1) is 0 Å². The fourth-order valence-corrected chi connectivity index (χ4v) is 0.980. The summed E-state index contributed by atoms with van der Waals surface area (Å²) in [6.07, 6.45) is -0.00491. The lowest BCUT2D eigenvalue weighted by atomic mass is 10.1. The highest BCUT2D eigenvalue weighted by Gasteiger charge is 2.12. The summed E-state index contributed by atoms with van der Waals surface area (Å²) in [6.45, 7) is 0. The molecule has 0 unspecified atom stereocenters. The van der Waals surface area contributed by atoms with Gasteiger partial charge in [-0.2, -0.15) is 0 Å². The van der Waals surface area contributed by atoms with Crippen LogP contribution in [-0.2, 0) is 11.2 Å². The maximum Gasteiger partial charge on any atom is 0.320 e. The van der Waals surface area contributed by atoms with Gasteiger partial charge in [-0.3, -0.25) is 4.79 Å². The van der Waals surface area contributed by atoms with Crippen molar-refractivity contribution >= 4 is 5.97 Å². The average Bonchev–Trinajstić information content (AvgIpc) is 2.13.